The van der Waals surface area contributed by atoms with Crippen LogP contribution >= 0.6 is 0 Å². The van der Waals surface area contributed by atoms with E-state index in [0.717, 1.165) is 62.5 Å². The Morgan fingerprint density at radius 2 is 1.90 bits per heavy atom. The number of ether oxygens (including phenoxy) is 4. The Balaban J connectivity index is 1.31. The number of cyclic esters (lactones) is 2. The topological polar surface area (TPSA) is 109 Å². The second-order valence-electron chi connectivity index (χ2n) is 13.9. The van der Waals surface area contributed by atoms with Crippen LogP contribution in [0.1, 0.15) is 65.0 Å². The van der Waals surface area contributed by atoms with Gasteiger partial charge in [0, 0.05) is 53.4 Å². The molecule has 5 heterocycles. The first-order valence-corrected chi connectivity index (χ1v) is 15.4. The van der Waals surface area contributed by atoms with Crippen molar-refractivity contribution in [1.29, 1.82) is 0 Å². The fraction of sp³-hybridized carbons (Fsp3) is 0.719. The summed E-state index contributed by atoms with van der Waals surface area (Å²) in [5.41, 5.74) is 0.810. The number of carbonyl (C=O) groups excluding carboxylic acids is 2. The first-order chi connectivity index (χ1) is 20.1. The molecule has 5 fully saturated rings. The fourth-order valence-corrected chi connectivity index (χ4v) is 9.59. The van der Waals surface area contributed by atoms with Crippen molar-refractivity contribution >= 4 is 17.7 Å². The zero-order valence-corrected chi connectivity index (χ0v) is 25.1. The zero-order chi connectivity index (χ0) is 29.3. The van der Waals surface area contributed by atoms with Gasteiger partial charge in [0.2, 0.25) is 0 Å². The molecule has 0 amide bonds. The van der Waals surface area contributed by atoms with Crippen LogP contribution in [0.4, 0.5) is 0 Å². The highest BCUT2D eigenvalue weighted by Crippen LogP contribution is 2.72. The number of carbonyl (C=O) groups is 2. The van der Waals surface area contributed by atoms with E-state index in [2.05, 4.69) is 32.6 Å². The standard InChI is InChI=1S/C32H42N2O8/c1-29(2)22-15-24(33-40-14-10-34-8-12-37-13-9-34)31(4)21(32(22)19-39-26(35)17-25(32)42-29)5-7-30(3)23(31)16-27(36)41-28(30)20-6-11-38-18-20/h6,11,16,18,21-22,25,28H,5,7-10,12-15,17,19H2,1-4H3/b33-24-/t21-,22-,25-,28-,30+,31+,32+/m0/s1. The molecule has 0 N–H and O–H groups in total. The first-order valence-electron chi connectivity index (χ1n) is 15.4. The van der Waals surface area contributed by atoms with Crippen LogP contribution in [0, 0.1) is 28.1 Å². The summed E-state index contributed by atoms with van der Waals surface area (Å²) in [4.78, 5) is 34.3. The van der Waals surface area contributed by atoms with E-state index in [9.17, 15) is 9.59 Å². The third-order valence-electron chi connectivity index (χ3n) is 11.5. The van der Waals surface area contributed by atoms with E-state index in [1.807, 2.05) is 6.07 Å². The minimum absolute atomic E-state index is 0.0282. The van der Waals surface area contributed by atoms with E-state index in [1.54, 1.807) is 18.6 Å². The summed E-state index contributed by atoms with van der Waals surface area (Å²) in [7, 11) is 0. The van der Waals surface area contributed by atoms with Crippen LogP contribution in [0.2, 0.25) is 0 Å². The Bertz CT molecular complexity index is 1300. The van der Waals surface area contributed by atoms with Crippen molar-refractivity contribution in [3.8, 4) is 0 Å². The number of nitrogens with zero attached hydrogens (tertiary/aromatic N) is 2. The third-order valence-corrected chi connectivity index (χ3v) is 11.5. The van der Waals surface area contributed by atoms with Gasteiger partial charge in [-0.15, -0.1) is 0 Å². The normalized spacial score (nSPS) is 42.0. The van der Waals surface area contributed by atoms with Gasteiger partial charge >= 0.3 is 11.9 Å². The van der Waals surface area contributed by atoms with E-state index >= 15 is 0 Å². The number of hydrogen-bond acceptors (Lipinski definition) is 10. The number of oxime groups is 1. The first kappa shape index (κ1) is 28.1. The van der Waals surface area contributed by atoms with Gasteiger partial charge in [-0.2, -0.15) is 0 Å². The Labute approximate surface area is 246 Å². The molecular formula is C32H42N2O8. The van der Waals surface area contributed by atoms with Gasteiger partial charge in [0.15, 0.2) is 0 Å². The molecule has 3 saturated heterocycles. The quantitative estimate of drug-likeness (QED) is 0.288. The van der Waals surface area contributed by atoms with Crippen molar-refractivity contribution in [2.24, 2.45) is 33.2 Å². The maximum Gasteiger partial charge on any atom is 0.331 e. The molecule has 0 aromatic carbocycles. The molecule has 42 heavy (non-hydrogen) atoms. The molecule has 7 rings (SSSR count). The molecule has 1 aromatic rings. The van der Waals surface area contributed by atoms with Crippen LogP contribution < -0.4 is 0 Å². The number of rotatable bonds is 5. The molecule has 6 aliphatic rings. The van der Waals surface area contributed by atoms with Crippen LogP contribution in [0.15, 0.2) is 39.8 Å². The molecule has 0 unspecified atom stereocenters. The fourth-order valence-electron chi connectivity index (χ4n) is 9.59. The van der Waals surface area contributed by atoms with Crippen molar-refractivity contribution < 1.29 is 37.8 Å². The van der Waals surface area contributed by atoms with Crippen molar-refractivity contribution in [3.05, 3.63) is 35.8 Å². The number of morpholine rings is 1. The zero-order valence-electron chi connectivity index (χ0n) is 25.1. The van der Waals surface area contributed by atoms with Crippen molar-refractivity contribution in [2.45, 2.75) is 71.2 Å². The lowest BCUT2D eigenvalue weighted by Crippen LogP contribution is -2.66. The lowest BCUT2D eigenvalue weighted by molar-refractivity contribution is -0.181. The molecule has 10 nitrogen and oxygen atoms in total. The second-order valence-corrected chi connectivity index (χ2v) is 13.9. The predicted octanol–water partition coefficient (Wildman–Crippen LogP) is 4.06. The molecule has 228 valence electrons. The summed E-state index contributed by atoms with van der Waals surface area (Å²) in [6.07, 6.45) is 6.77. The number of fused-ring (bicyclic) bond motifs is 3. The highest BCUT2D eigenvalue weighted by molar-refractivity contribution is 5.97. The summed E-state index contributed by atoms with van der Waals surface area (Å²) < 4.78 is 29.5. The van der Waals surface area contributed by atoms with E-state index < -0.39 is 27.9 Å². The predicted molar refractivity (Wildman–Crippen MR) is 150 cm³/mol. The maximum atomic E-state index is 13.3. The Hall–Kier alpha value is -2.69. The van der Waals surface area contributed by atoms with E-state index in [1.165, 1.54) is 0 Å². The Kier molecular flexibility index (Phi) is 6.64. The van der Waals surface area contributed by atoms with Gasteiger partial charge in [0.25, 0.3) is 0 Å². The summed E-state index contributed by atoms with van der Waals surface area (Å²) in [6.45, 7) is 13.5. The minimum atomic E-state index is -0.629. The van der Waals surface area contributed by atoms with Crippen molar-refractivity contribution in [1.82, 2.24) is 4.90 Å². The molecule has 10 heteroatoms. The molecule has 0 bridgehead atoms. The van der Waals surface area contributed by atoms with Crippen LogP contribution in [0.5, 0.6) is 0 Å². The summed E-state index contributed by atoms with van der Waals surface area (Å²) in [6, 6.07) is 1.88. The van der Waals surface area contributed by atoms with Crippen LogP contribution in [-0.2, 0) is 33.4 Å². The monoisotopic (exact) mass is 582 g/mol. The average Bonchev–Trinajstić information content (AvgIpc) is 3.56. The third kappa shape index (κ3) is 4.04. The molecule has 2 saturated carbocycles. The Morgan fingerprint density at radius 1 is 1.10 bits per heavy atom. The molecular weight excluding hydrogens is 540 g/mol. The molecule has 2 aliphatic carbocycles. The smallest absolute Gasteiger partial charge is 0.331 e. The number of furan rings is 1. The van der Waals surface area contributed by atoms with Crippen LogP contribution in [-0.4, -0.2) is 80.3 Å². The van der Waals surface area contributed by atoms with Crippen LogP contribution in [0.25, 0.3) is 0 Å². The summed E-state index contributed by atoms with van der Waals surface area (Å²) >= 11 is 0. The molecule has 1 spiro atoms. The van der Waals surface area contributed by atoms with Gasteiger partial charge in [0.05, 0.1) is 49.6 Å². The van der Waals surface area contributed by atoms with E-state index in [4.69, 9.17) is 33.4 Å². The summed E-state index contributed by atoms with van der Waals surface area (Å²) in [5, 5.41) is 4.92. The highest BCUT2D eigenvalue weighted by Gasteiger charge is 2.74. The maximum absolute atomic E-state index is 13.3. The van der Waals surface area contributed by atoms with Gasteiger partial charge in [-0.05, 0) is 50.7 Å². The van der Waals surface area contributed by atoms with Crippen molar-refractivity contribution in [2.75, 3.05) is 46.1 Å². The second kappa shape index (κ2) is 9.92. The lowest BCUT2D eigenvalue weighted by Gasteiger charge is -2.64. The Morgan fingerprint density at radius 3 is 2.67 bits per heavy atom. The van der Waals surface area contributed by atoms with Gasteiger partial charge in [-0.25, -0.2) is 4.79 Å². The molecule has 4 aliphatic heterocycles. The van der Waals surface area contributed by atoms with Gasteiger partial charge < -0.3 is 28.2 Å². The number of hydrogen-bond donors (Lipinski definition) is 0. The number of esters is 2. The van der Waals surface area contributed by atoms with Crippen LogP contribution in [0.3, 0.4) is 0 Å². The molecule has 1 aromatic heterocycles. The van der Waals surface area contributed by atoms with Gasteiger partial charge in [-0.1, -0.05) is 19.0 Å². The van der Waals surface area contributed by atoms with E-state index in [-0.39, 0.29) is 36.3 Å². The largest absolute Gasteiger partial charge is 0.472 e. The average molecular weight is 583 g/mol. The lowest BCUT2D eigenvalue weighted by atomic mass is 9.39. The SMILES string of the molecule is CC1(C)O[C@H]2CC(=O)OC[C@]23[C@H]2CC[C@]4(C)C(=CC(=O)O[C@H]4c4ccoc4)[C@]2(C)/C(=N\OCCN2CCOCC2)C[C@@H]13. The highest BCUT2D eigenvalue weighted by atomic mass is 16.6. The minimum Gasteiger partial charge on any atom is -0.472 e. The van der Waals surface area contributed by atoms with Gasteiger partial charge in [0.1, 0.15) is 19.3 Å². The van der Waals surface area contributed by atoms with Gasteiger partial charge in [-0.3, -0.25) is 9.69 Å². The summed E-state index contributed by atoms with van der Waals surface area (Å²) in [5.74, 6) is -0.471. The molecule has 0 radical (unpaired) electrons. The van der Waals surface area contributed by atoms with Crippen molar-refractivity contribution in [3.63, 3.8) is 0 Å². The molecule has 7 atom stereocenters. The van der Waals surface area contributed by atoms with E-state index in [0.29, 0.717) is 19.6 Å².